The van der Waals surface area contributed by atoms with Gasteiger partial charge in [-0.25, -0.2) is 4.98 Å². The van der Waals surface area contributed by atoms with Crippen molar-refractivity contribution in [1.82, 2.24) is 14.9 Å². The molecule has 5 rings (SSSR count). The maximum atomic E-state index is 9.53. The third-order valence-corrected chi connectivity index (χ3v) is 6.50. The molecule has 1 aromatic heterocycles. The van der Waals surface area contributed by atoms with Crippen LogP contribution in [0.2, 0.25) is 0 Å². The monoisotopic (exact) mass is 374 g/mol. The predicted octanol–water partition coefficient (Wildman–Crippen LogP) is 3.97. The molecular formula is C23H26N4O. The Morgan fingerprint density at radius 3 is 2.43 bits per heavy atom. The van der Waals surface area contributed by atoms with E-state index in [1.807, 2.05) is 42.6 Å². The van der Waals surface area contributed by atoms with Gasteiger partial charge in [-0.2, -0.15) is 0 Å². The molecule has 0 aliphatic carbocycles. The number of aromatic nitrogens is 2. The lowest BCUT2D eigenvalue weighted by Crippen LogP contribution is -2.52. The first-order chi connectivity index (χ1) is 13.7. The van der Waals surface area contributed by atoms with E-state index in [1.54, 1.807) is 12.1 Å². The van der Waals surface area contributed by atoms with Gasteiger partial charge >= 0.3 is 0 Å². The van der Waals surface area contributed by atoms with Crippen LogP contribution >= 0.6 is 0 Å². The second-order valence-electron chi connectivity index (χ2n) is 8.12. The summed E-state index contributed by atoms with van der Waals surface area (Å²) < 4.78 is 0. The molecule has 0 unspecified atom stereocenters. The maximum absolute atomic E-state index is 9.53. The van der Waals surface area contributed by atoms with Gasteiger partial charge in [-0.3, -0.25) is 9.88 Å². The molecule has 2 aliphatic heterocycles. The minimum atomic E-state index is 0.304. The Bertz CT molecular complexity index is 964. The minimum absolute atomic E-state index is 0.304. The number of piperidine rings is 1. The number of benzene rings is 2. The van der Waals surface area contributed by atoms with E-state index in [4.69, 9.17) is 4.98 Å². The quantitative estimate of drug-likeness (QED) is 0.752. The SMILES string of the molecule is Oc1ccc(CN2CCCC23CCN(c2cnc4ccccc4n2)CC3)cc1. The summed E-state index contributed by atoms with van der Waals surface area (Å²) in [4.78, 5) is 14.5. The van der Waals surface area contributed by atoms with Gasteiger partial charge < -0.3 is 10.0 Å². The molecule has 0 radical (unpaired) electrons. The molecule has 2 aromatic carbocycles. The lowest BCUT2D eigenvalue weighted by molar-refractivity contribution is 0.0996. The fraction of sp³-hybridized carbons (Fsp3) is 0.391. The zero-order chi connectivity index (χ0) is 19.0. The number of hydrogen-bond donors (Lipinski definition) is 1. The lowest BCUT2D eigenvalue weighted by atomic mass is 9.84. The number of phenols is 1. The van der Waals surface area contributed by atoms with Crippen molar-refractivity contribution in [1.29, 1.82) is 0 Å². The molecule has 1 N–H and O–H groups in total. The Balaban J connectivity index is 1.30. The molecular weight excluding hydrogens is 348 g/mol. The Kier molecular flexibility index (Phi) is 4.40. The third-order valence-electron chi connectivity index (χ3n) is 6.50. The number of rotatable bonds is 3. The van der Waals surface area contributed by atoms with E-state index in [-0.39, 0.29) is 0 Å². The molecule has 3 aromatic rings. The van der Waals surface area contributed by atoms with Crippen LogP contribution in [0, 0.1) is 0 Å². The molecule has 28 heavy (non-hydrogen) atoms. The number of anilines is 1. The predicted molar refractivity (Wildman–Crippen MR) is 111 cm³/mol. The summed E-state index contributed by atoms with van der Waals surface area (Å²) >= 11 is 0. The van der Waals surface area contributed by atoms with Crippen molar-refractivity contribution in [2.45, 2.75) is 37.8 Å². The molecule has 2 aliphatic rings. The number of phenolic OH excluding ortho intramolecular Hbond substituents is 1. The van der Waals surface area contributed by atoms with E-state index in [0.717, 1.165) is 43.0 Å². The summed E-state index contributed by atoms with van der Waals surface area (Å²) in [5, 5.41) is 9.53. The average Bonchev–Trinajstić information content (AvgIpc) is 3.11. The van der Waals surface area contributed by atoms with Crippen molar-refractivity contribution in [3.8, 4) is 5.75 Å². The molecule has 2 saturated heterocycles. The maximum Gasteiger partial charge on any atom is 0.147 e. The highest BCUT2D eigenvalue weighted by Gasteiger charge is 2.43. The molecule has 0 amide bonds. The second kappa shape index (κ2) is 7.06. The van der Waals surface area contributed by atoms with E-state index in [2.05, 4.69) is 14.8 Å². The van der Waals surface area contributed by atoms with E-state index >= 15 is 0 Å². The topological polar surface area (TPSA) is 52.5 Å². The molecule has 0 saturated carbocycles. The van der Waals surface area contributed by atoms with Gasteiger partial charge in [0, 0.05) is 25.2 Å². The van der Waals surface area contributed by atoms with Crippen LogP contribution in [0.1, 0.15) is 31.2 Å². The first-order valence-corrected chi connectivity index (χ1v) is 10.2. The molecule has 0 atom stereocenters. The zero-order valence-electron chi connectivity index (χ0n) is 16.1. The summed E-state index contributed by atoms with van der Waals surface area (Å²) in [5.74, 6) is 1.33. The van der Waals surface area contributed by atoms with Gasteiger partial charge in [0.15, 0.2) is 0 Å². The van der Waals surface area contributed by atoms with E-state index in [9.17, 15) is 5.11 Å². The Morgan fingerprint density at radius 2 is 1.64 bits per heavy atom. The van der Waals surface area contributed by atoms with Gasteiger partial charge in [-0.15, -0.1) is 0 Å². The van der Waals surface area contributed by atoms with Crippen LogP contribution in [0.4, 0.5) is 5.82 Å². The molecule has 144 valence electrons. The number of fused-ring (bicyclic) bond motifs is 1. The number of likely N-dealkylation sites (tertiary alicyclic amines) is 1. The van der Waals surface area contributed by atoms with Crippen LogP contribution in [0.3, 0.4) is 0 Å². The third kappa shape index (κ3) is 3.20. The van der Waals surface area contributed by atoms with Crippen LogP contribution in [-0.2, 0) is 6.54 Å². The standard InChI is InChI=1S/C23H26N4O/c28-19-8-6-18(7-9-19)17-27-13-3-10-23(27)11-14-26(15-12-23)22-16-24-20-4-1-2-5-21(20)25-22/h1-2,4-9,16,28H,3,10-15,17H2. The minimum Gasteiger partial charge on any atom is -0.508 e. The van der Waals surface area contributed by atoms with Gasteiger partial charge in [0.05, 0.1) is 17.2 Å². The van der Waals surface area contributed by atoms with Crippen LogP contribution in [0.25, 0.3) is 11.0 Å². The average molecular weight is 374 g/mol. The zero-order valence-corrected chi connectivity index (χ0v) is 16.1. The number of hydrogen-bond acceptors (Lipinski definition) is 5. The highest BCUT2D eigenvalue weighted by atomic mass is 16.3. The van der Waals surface area contributed by atoms with Crippen molar-refractivity contribution in [2.75, 3.05) is 24.5 Å². The molecule has 1 spiro atoms. The largest absolute Gasteiger partial charge is 0.508 e. The van der Waals surface area contributed by atoms with Gasteiger partial charge in [-0.1, -0.05) is 24.3 Å². The van der Waals surface area contributed by atoms with Crippen molar-refractivity contribution in [3.63, 3.8) is 0 Å². The highest BCUT2D eigenvalue weighted by molar-refractivity contribution is 5.75. The van der Waals surface area contributed by atoms with E-state index in [0.29, 0.717) is 11.3 Å². The van der Waals surface area contributed by atoms with Crippen molar-refractivity contribution >= 4 is 16.9 Å². The molecule has 0 bridgehead atoms. The van der Waals surface area contributed by atoms with Gasteiger partial charge in [-0.05, 0) is 62.1 Å². The fourth-order valence-corrected chi connectivity index (χ4v) is 4.88. The Hall–Kier alpha value is -2.66. The van der Waals surface area contributed by atoms with Crippen LogP contribution < -0.4 is 4.90 Å². The summed E-state index contributed by atoms with van der Waals surface area (Å²) in [7, 11) is 0. The number of nitrogens with zero attached hydrogens (tertiary/aromatic N) is 4. The number of aromatic hydroxyl groups is 1. The number of para-hydroxylation sites is 2. The van der Waals surface area contributed by atoms with Crippen molar-refractivity contribution in [3.05, 3.63) is 60.3 Å². The summed E-state index contributed by atoms with van der Waals surface area (Å²) in [6, 6.07) is 15.7. The molecule has 5 nitrogen and oxygen atoms in total. The van der Waals surface area contributed by atoms with Crippen molar-refractivity contribution in [2.24, 2.45) is 0 Å². The Labute approximate surface area is 165 Å². The fourth-order valence-electron chi connectivity index (χ4n) is 4.88. The van der Waals surface area contributed by atoms with Gasteiger partial charge in [0.1, 0.15) is 11.6 Å². The second-order valence-corrected chi connectivity index (χ2v) is 8.12. The normalized spacial score (nSPS) is 19.5. The van der Waals surface area contributed by atoms with E-state index in [1.165, 1.54) is 31.2 Å². The molecule has 3 heterocycles. The lowest BCUT2D eigenvalue weighted by Gasteiger charge is -2.45. The van der Waals surface area contributed by atoms with Crippen LogP contribution in [0.15, 0.2) is 54.7 Å². The molecule has 2 fully saturated rings. The Morgan fingerprint density at radius 1 is 0.893 bits per heavy atom. The molecule has 5 heteroatoms. The first kappa shape index (κ1) is 17.4. The van der Waals surface area contributed by atoms with E-state index < -0.39 is 0 Å². The smallest absolute Gasteiger partial charge is 0.147 e. The summed E-state index contributed by atoms with van der Waals surface area (Å²) in [6.07, 6.45) is 6.80. The summed E-state index contributed by atoms with van der Waals surface area (Å²) in [5.41, 5.74) is 3.51. The summed E-state index contributed by atoms with van der Waals surface area (Å²) in [6.45, 7) is 4.19. The highest BCUT2D eigenvalue weighted by Crippen LogP contribution is 2.40. The van der Waals surface area contributed by atoms with Crippen molar-refractivity contribution < 1.29 is 5.11 Å². The van der Waals surface area contributed by atoms with Gasteiger partial charge in [0.2, 0.25) is 0 Å². The van der Waals surface area contributed by atoms with Crippen LogP contribution in [-0.4, -0.2) is 45.1 Å². The first-order valence-electron chi connectivity index (χ1n) is 10.2. The van der Waals surface area contributed by atoms with Gasteiger partial charge in [0.25, 0.3) is 0 Å². The van der Waals surface area contributed by atoms with Crippen LogP contribution in [0.5, 0.6) is 5.75 Å².